The van der Waals surface area contributed by atoms with Gasteiger partial charge in [0.05, 0.1) is 17.5 Å². The van der Waals surface area contributed by atoms with Crippen LogP contribution in [0.15, 0.2) is 54.6 Å². The van der Waals surface area contributed by atoms with Crippen molar-refractivity contribution in [3.8, 4) is 0 Å². The normalized spacial score (nSPS) is 33.2. The molecule has 126 valence electrons. The predicted molar refractivity (Wildman–Crippen MR) is 96.3 cm³/mol. The summed E-state index contributed by atoms with van der Waals surface area (Å²) in [5.74, 6) is 0.677. The first-order valence-electron chi connectivity index (χ1n) is 8.83. The van der Waals surface area contributed by atoms with Crippen LogP contribution in [-0.4, -0.2) is 11.8 Å². The molecule has 2 aliphatic carbocycles. The number of imide groups is 1. The van der Waals surface area contributed by atoms with Gasteiger partial charge in [-0.05, 0) is 60.4 Å². The van der Waals surface area contributed by atoms with E-state index in [2.05, 4.69) is 24.3 Å². The molecule has 1 saturated heterocycles. The van der Waals surface area contributed by atoms with Crippen LogP contribution >= 0.6 is 11.6 Å². The summed E-state index contributed by atoms with van der Waals surface area (Å²) in [6.07, 6.45) is 2.02. The van der Waals surface area contributed by atoms with Crippen molar-refractivity contribution in [3.05, 3.63) is 65.2 Å². The maximum absolute atomic E-state index is 13.1. The number of carbonyl (C=O) groups is 2. The summed E-state index contributed by atoms with van der Waals surface area (Å²) in [6, 6.07) is 17.4. The maximum Gasteiger partial charge on any atom is 0.237 e. The SMILES string of the molecule is O=C1C2C3CC(c4ccccc4)C(C3)C2C(=O)N1c1ccc(Cl)cc1. The Labute approximate surface area is 151 Å². The quantitative estimate of drug-likeness (QED) is 0.758. The zero-order valence-corrected chi connectivity index (χ0v) is 14.4. The first kappa shape index (κ1) is 15.2. The Kier molecular flexibility index (Phi) is 3.29. The number of fused-ring (bicyclic) bond motifs is 5. The van der Waals surface area contributed by atoms with Crippen LogP contribution in [0.25, 0.3) is 0 Å². The number of halogens is 1. The highest BCUT2D eigenvalue weighted by Crippen LogP contribution is 2.61. The molecule has 25 heavy (non-hydrogen) atoms. The minimum atomic E-state index is -0.160. The molecule has 5 atom stereocenters. The Morgan fingerprint density at radius 3 is 2.24 bits per heavy atom. The molecule has 3 nitrogen and oxygen atoms in total. The second kappa shape index (κ2) is 5.43. The molecule has 1 heterocycles. The van der Waals surface area contributed by atoms with Crippen molar-refractivity contribution >= 4 is 29.1 Å². The third-order valence-corrected chi connectivity index (χ3v) is 6.58. The molecule has 2 saturated carbocycles. The lowest BCUT2D eigenvalue weighted by Gasteiger charge is -2.28. The highest BCUT2D eigenvalue weighted by Gasteiger charge is 2.64. The zero-order chi connectivity index (χ0) is 17.1. The molecule has 3 fully saturated rings. The lowest BCUT2D eigenvalue weighted by atomic mass is 9.73. The summed E-state index contributed by atoms with van der Waals surface area (Å²) in [5.41, 5.74) is 1.95. The van der Waals surface area contributed by atoms with Crippen molar-refractivity contribution < 1.29 is 9.59 Å². The van der Waals surface area contributed by atoms with E-state index in [1.165, 1.54) is 10.5 Å². The Morgan fingerprint density at radius 1 is 0.840 bits per heavy atom. The third kappa shape index (κ3) is 2.12. The number of amides is 2. The van der Waals surface area contributed by atoms with E-state index in [4.69, 9.17) is 11.6 Å². The second-order valence-electron chi connectivity index (χ2n) is 7.45. The highest BCUT2D eigenvalue weighted by atomic mass is 35.5. The zero-order valence-electron chi connectivity index (χ0n) is 13.6. The number of carbonyl (C=O) groups excluding carboxylic acids is 2. The van der Waals surface area contributed by atoms with Crippen molar-refractivity contribution in [1.29, 1.82) is 0 Å². The van der Waals surface area contributed by atoms with Gasteiger partial charge in [0.25, 0.3) is 0 Å². The molecular weight excluding hydrogens is 334 g/mol. The number of anilines is 1. The summed E-state index contributed by atoms with van der Waals surface area (Å²) in [5, 5.41) is 0.604. The first-order chi connectivity index (χ1) is 12.1. The van der Waals surface area contributed by atoms with Gasteiger partial charge < -0.3 is 0 Å². The van der Waals surface area contributed by atoms with Crippen LogP contribution in [0.1, 0.15) is 24.3 Å². The Bertz CT molecular complexity index is 848. The fourth-order valence-electron chi connectivity index (χ4n) is 5.39. The molecule has 3 aliphatic rings. The fourth-order valence-corrected chi connectivity index (χ4v) is 5.51. The number of rotatable bonds is 2. The van der Waals surface area contributed by atoms with E-state index in [-0.39, 0.29) is 29.6 Å². The average Bonchev–Trinajstić information content (AvgIpc) is 3.29. The molecule has 1 aliphatic heterocycles. The van der Waals surface area contributed by atoms with E-state index in [0.29, 0.717) is 22.5 Å². The molecule has 5 rings (SSSR count). The maximum atomic E-state index is 13.1. The Hall–Kier alpha value is -2.13. The summed E-state index contributed by atoms with van der Waals surface area (Å²) in [6.45, 7) is 0. The van der Waals surface area contributed by atoms with Gasteiger partial charge in [-0.25, -0.2) is 0 Å². The van der Waals surface area contributed by atoms with E-state index < -0.39 is 0 Å². The monoisotopic (exact) mass is 351 g/mol. The molecule has 0 aromatic heterocycles. The van der Waals surface area contributed by atoms with Gasteiger partial charge in [-0.2, -0.15) is 0 Å². The van der Waals surface area contributed by atoms with Gasteiger partial charge >= 0.3 is 0 Å². The average molecular weight is 352 g/mol. The Morgan fingerprint density at radius 2 is 1.52 bits per heavy atom. The minimum Gasteiger partial charge on any atom is -0.274 e. The second-order valence-corrected chi connectivity index (χ2v) is 7.89. The van der Waals surface area contributed by atoms with Gasteiger partial charge in [0, 0.05) is 5.02 Å². The van der Waals surface area contributed by atoms with Crippen molar-refractivity contribution in [1.82, 2.24) is 0 Å². The first-order valence-corrected chi connectivity index (χ1v) is 9.21. The molecule has 5 unspecified atom stereocenters. The van der Waals surface area contributed by atoms with Crippen LogP contribution in [0.2, 0.25) is 5.02 Å². The van der Waals surface area contributed by atoms with Gasteiger partial charge in [0.2, 0.25) is 11.8 Å². The third-order valence-electron chi connectivity index (χ3n) is 6.33. The largest absolute Gasteiger partial charge is 0.274 e. The van der Waals surface area contributed by atoms with Gasteiger partial charge in [0.1, 0.15) is 0 Å². The van der Waals surface area contributed by atoms with Crippen LogP contribution in [0, 0.1) is 23.7 Å². The molecule has 2 aromatic carbocycles. The molecule has 0 N–H and O–H groups in total. The van der Waals surface area contributed by atoms with Gasteiger partial charge in [-0.1, -0.05) is 41.9 Å². The van der Waals surface area contributed by atoms with Crippen molar-refractivity contribution in [2.24, 2.45) is 23.7 Å². The molecule has 2 aromatic rings. The summed E-state index contributed by atoms with van der Waals surface area (Å²) in [7, 11) is 0. The van der Waals surface area contributed by atoms with Crippen molar-refractivity contribution in [2.45, 2.75) is 18.8 Å². The summed E-state index contributed by atoms with van der Waals surface area (Å²) in [4.78, 5) is 27.5. The predicted octanol–water partition coefficient (Wildman–Crippen LogP) is 4.27. The van der Waals surface area contributed by atoms with Gasteiger partial charge in [-0.15, -0.1) is 0 Å². The smallest absolute Gasteiger partial charge is 0.237 e. The lowest BCUT2D eigenvalue weighted by Crippen LogP contribution is -2.32. The number of hydrogen-bond donors (Lipinski definition) is 0. The van der Waals surface area contributed by atoms with E-state index >= 15 is 0 Å². The number of hydrogen-bond acceptors (Lipinski definition) is 2. The fraction of sp³-hybridized carbons (Fsp3) is 0.333. The van der Waals surface area contributed by atoms with E-state index in [0.717, 1.165) is 12.8 Å². The van der Waals surface area contributed by atoms with E-state index in [9.17, 15) is 9.59 Å². The van der Waals surface area contributed by atoms with Gasteiger partial charge in [-0.3, -0.25) is 14.5 Å². The number of nitrogens with zero attached hydrogens (tertiary/aromatic N) is 1. The van der Waals surface area contributed by atoms with Crippen LogP contribution < -0.4 is 4.90 Å². The summed E-state index contributed by atoms with van der Waals surface area (Å²) < 4.78 is 0. The minimum absolute atomic E-state index is 0.0173. The molecule has 0 radical (unpaired) electrons. The Balaban J connectivity index is 1.49. The highest BCUT2D eigenvalue weighted by molar-refractivity contribution is 6.30. The molecular formula is C21H18ClNO2. The van der Waals surface area contributed by atoms with E-state index in [1.54, 1.807) is 24.3 Å². The van der Waals surface area contributed by atoms with Crippen molar-refractivity contribution in [3.63, 3.8) is 0 Å². The number of benzene rings is 2. The van der Waals surface area contributed by atoms with Crippen LogP contribution in [0.4, 0.5) is 5.69 Å². The van der Waals surface area contributed by atoms with Gasteiger partial charge in [0.15, 0.2) is 0 Å². The molecule has 0 spiro atoms. The molecule has 4 heteroatoms. The van der Waals surface area contributed by atoms with Crippen LogP contribution in [0.5, 0.6) is 0 Å². The van der Waals surface area contributed by atoms with Crippen LogP contribution in [-0.2, 0) is 9.59 Å². The van der Waals surface area contributed by atoms with Crippen molar-refractivity contribution in [2.75, 3.05) is 4.90 Å². The van der Waals surface area contributed by atoms with Crippen LogP contribution in [0.3, 0.4) is 0 Å². The topological polar surface area (TPSA) is 37.4 Å². The molecule has 2 amide bonds. The molecule has 2 bridgehead atoms. The summed E-state index contributed by atoms with van der Waals surface area (Å²) >= 11 is 5.94. The lowest BCUT2D eigenvalue weighted by molar-refractivity contribution is -0.123. The standard InChI is InChI=1S/C21H18ClNO2/c22-14-6-8-15(9-7-14)23-20(24)18-13-10-16(12-4-2-1-3-5-12)17(11-13)19(18)21(23)25/h1-9,13,16-19H,10-11H2. The van der Waals surface area contributed by atoms with E-state index in [1.807, 2.05) is 6.07 Å².